The summed E-state index contributed by atoms with van der Waals surface area (Å²) in [6.07, 6.45) is 0.329. The minimum atomic E-state index is -0.163. The van der Waals surface area contributed by atoms with Crippen molar-refractivity contribution in [1.82, 2.24) is 9.97 Å². The molecule has 7 nitrogen and oxygen atoms in total. The Balaban J connectivity index is 1.73. The fourth-order valence-corrected chi connectivity index (χ4v) is 3.20. The lowest BCUT2D eigenvalue weighted by atomic mass is 10.2. The van der Waals surface area contributed by atoms with E-state index in [0.717, 1.165) is 37.6 Å². The van der Waals surface area contributed by atoms with E-state index in [1.807, 2.05) is 25.1 Å². The molecule has 2 aromatic rings. The molecule has 1 aliphatic heterocycles. The van der Waals surface area contributed by atoms with Crippen LogP contribution in [0.15, 0.2) is 29.1 Å². The average Bonchev–Trinajstić information content (AvgIpc) is 2.64. The summed E-state index contributed by atoms with van der Waals surface area (Å²) in [4.78, 5) is 23.9. The van der Waals surface area contributed by atoms with Crippen molar-refractivity contribution in [2.45, 2.75) is 13.3 Å². The van der Waals surface area contributed by atoms with Gasteiger partial charge in [-0.15, -0.1) is 0 Å². The molecule has 0 atom stereocenters. The van der Waals surface area contributed by atoms with Gasteiger partial charge in [-0.25, -0.2) is 4.98 Å². The van der Waals surface area contributed by atoms with Crippen LogP contribution < -0.4 is 20.1 Å². The molecule has 3 rings (SSSR count). The van der Waals surface area contributed by atoms with Crippen LogP contribution in [0.2, 0.25) is 0 Å². The van der Waals surface area contributed by atoms with Crippen LogP contribution in [-0.4, -0.2) is 55.0 Å². The number of aromatic nitrogens is 2. The van der Waals surface area contributed by atoms with Crippen LogP contribution in [0.4, 0.5) is 11.6 Å². The zero-order valence-electron chi connectivity index (χ0n) is 14.7. The van der Waals surface area contributed by atoms with Crippen molar-refractivity contribution in [3.63, 3.8) is 0 Å². The average molecular weight is 344 g/mol. The first-order chi connectivity index (χ1) is 12.1. The van der Waals surface area contributed by atoms with Crippen LogP contribution in [0.5, 0.6) is 5.75 Å². The molecular weight excluding hydrogens is 320 g/mol. The van der Waals surface area contributed by atoms with Gasteiger partial charge in [-0.05, 0) is 19.1 Å². The topological polar surface area (TPSA) is 81.7 Å². The number of anilines is 2. The first kappa shape index (κ1) is 17.3. The summed E-state index contributed by atoms with van der Waals surface area (Å²) in [6, 6.07) is 7.99. The molecule has 0 bridgehead atoms. The summed E-state index contributed by atoms with van der Waals surface area (Å²) in [7, 11) is 1.68. The minimum Gasteiger partial charge on any atom is -0.495 e. The summed E-state index contributed by atoms with van der Waals surface area (Å²) < 4.78 is 5.44. The Morgan fingerprint density at radius 2 is 1.88 bits per heavy atom. The first-order valence-electron chi connectivity index (χ1n) is 8.47. The smallest absolute Gasteiger partial charge is 0.255 e. The SMILES string of the molecule is COc1ccccc1N1CCN(c2nc(C)c(CCO)c(=O)[nH]2)CC1. The van der Waals surface area contributed by atoms with Crippen molar-refractivity contribution in [1.29, 1.82) is 0 Å². The van der Waals surface area contributed by atoms with Crippen LogP contribution in [0, 0.1) is 6.92 Å². The second-order valence-corrected chi connectivity index (χ2v) is 6.07. The van der Waals surface area contributed by atoms with Gasteiger partial charge in [0.15, 0.2) is 0 Å². The molecule has 1 aromatic heterocycles. The van der Waals surface area contributed by atoms with Crippen LogP contribution >= 0.6 is 0 Å². The lowest BCUT2D eigenvalue weighted by Crippen LogP contribution is -2.47. The van der Waals surface area contributed by atoms with Crippen molar-refractivity contribution >= 4 is 11.6 Å². The van der Waals surface area contributed by atoms with Gasteiger partial charge in [-0.3, -0.25) is 9.78 Å². The molecule has 25 heavy (non-hydrogen) atoms. The van der Waals surface area contributed by atoms with E-state index >= 15 is 0 Å². The third-order valence-electron chi connectivity index (χ3n) is 4.58. The molecule has 0 spiro atoms. The number of aliphatic hydroxyl groups excluding tert-OH is 1. The summed E-state index contributed by atoms with van der Waals surface area (Å²) in [6.45, 7) is 4.93. The largest absolute Gasteiger partial charge is 0.495 e. The van der Waals surface area contributed by atoms with E-state index in [1.54, 1.807) is 7.11 Å². The second kappa shape index (κ2) is 7.57. The highest BCUT2D eigenvalue weighted by molar-refractivity contribution is 5.59. The van der Waals surface area contributed by atoms with E-state index in [2.05, 4.69) is 25.8 Å². The van der Waals surface area contributed by atoms with Crippen molar-refractivity contribution in [2.24, 2.45) is 0 Å². The Morgan fingerprint density at radius 3 is 2.52 bits per heavy atom. The summed E-state index contributed by atoms with van der Waals surface area (Å²) in [5, 5.41) is 9.06. The molecule has 0 aliphatic carbocycles. The Kier molecular flexibility index (Phi) is 5.23. The summed E-state index contributed by atoms with van der Waals surface area (Å²) in [5.74, 6) is 1.47. The molecule has 0 radical (unpaired) electrons. The molecule has 2 heterocycles. The van der Waals surface area contributed by atoms with E-state index in [1.165, 1.54) is 0 Å². The Labute approximate surface area is 146 Å². The van der Waals surface area contributed by atoms with Crippen LogP contribution in [0.3, 0.4) is 0 Å². The number of aliphatic hydroxyl groups is 1. The Bertz CT molecular complexity index is 782. The maximum absolute atomic E-state index is 12.2. The van der Waals surface area contributed by atoms with Gasteiger partial charge in [0.25, 0.3) is 5.56 Å². The predicted molar refractivity (Wildman–Crippen MR) is 97.8 cm³/mol. The van der Waals surface area contributed by atoms with Crippen LogP contribution in [0.25, 0.3) is 0 Å². The van der Waals surface area contributed by atoms with Crippen molar-refractivity contribution in [3.05, 3.63) is 45.9 Å². The molecule has 0 saturated carbocycles. The van der Waals surface area contributed by atoms with Gasteiger partial charge in [0.1, 0.15) is 5.75 Å². The lowest BCUT2D eigenvalue weighted by Gasteiger charge is -2.36. The number of hydrogen-bond acceptors (Lipinski definition) is 6. The summed E-state index contributed by atoms with van der Waals surface area (Å²) in [5.41, 5.74) is 2.16. The van der Waals surface area contributed by atoms with Crippen molar-refractivity contribution in [2.75, 3.05) is 49.7 Å². The zero-order valence-corrected chi connectivity index (χ0v) is 14.7. The number of aromatic amines is 1. The number of hydrogen-bond donors (Lipinski definition) is 2. The third-order valence-corrected chi connectivity index (χ3v) is 4.58. The quantitative estimate of drug-likeness (QED) is 0.840. The number of rotatable bonds is 5. The number of H-pyrrole nitrogens is 1. The number of para-hydroxylation sites is 2. The second-order valence-electron chi connectivity index (χ2n) is 6.07. The fraction of sp³-hybridized carbons (Fsp3) is 0.444. The van der Waals surface area contributed by atoms with E-state index in [9.17, 15) is 4.79 Å². The normalized spacial score (nSPS) is 14.7. The number of ether oxygens (including phenoxy) is 1. The van der Waals surface area contributed by atoms with Gasteiger partial charge >= 0.3 is 0 Å². The molecule has 2 N–H and O–H groups in total. The maximum atomic E-state index is 12.2. The Morgan fingerprint density at radius 1 is 1.20 bits per heavy atom. The molecule has 134 valence electrons. The van der Waals surface area contributed by atoms with Gasteiger partial charge in [0.05, 0.1) is 18.5 Å². The standard InChI is InChI=1S/C18H24N4O3/c1-13-14(7-12-23)17(24)20-18(19-13)22-10-8-21(9-11-22)15-5-3-4-6-16(15)25-2/h3-6,23H,7-12H2,1-2H3,(H,19,20,24). The fourth-order valence-electron chi connectivity index (χ4n) is 3.20. The predicted octanol–water partition coefficient (Wildman–Crippen LogP) is 0.948. The number of methoxy groups -OCH3 is 1. The van der Waals surface area contributed by atoms with E-state index in [4.69, 9.17) is 9.84 Å². The zero-order chi connectivity index (χ0) is 17.8. The van der Waals surface area contributed by atoms with Gasteiger partial charge in [-0.2, -0.15) is 0 Å². The van der Waals surface area contributed by atoms with Crippen LogP contribution in [-0.2, 0) is 6.42 Å². The number of nitrogens with one attached hydrogen (secondary N) is 1. The highest BCUT2D eigenvalue weighted by atomic mass is 16.5. The van der Waals surface area contributed by atoms with Gasteiger partial charge in [0.2, 0.25) is 5.95 Å². The molecule has 0 unspecified atom stereocenters. The highest BCUT2D eigenvalue weighted by Crippen LogP contribution is 2.28. The lowest BCUT2D eigenvalue weighted by molar-refractivity contribution is 0.298. The maximum Gasteiger partial charge on any atom is 0.255 e. The van der Waals surface area contributed by atoms with Gasteiger partial charge < -0.3 is 19.6 Å². The molecular formula is C18H24N4O3. The van der Waals surface area contributed by atoms with Crippen molar-refractivity contribution in [3.8, 4) is 5.75 Å². The monoisotopic (exact) mass is 344 g/mol. The first-order valence-corrected chi connectivity index (χ1v) is 8.47. The summed E-state index contributed by atoms with van der Waals surface area (Å²) >= 11 is 0. The number of benzene rings is 1. The minimum absolute atomic E-state index is 0.0530. The van der Waals surface area contributed by atoms with E-state index < -0.39 is 0 Å². The third kappa shape index (κ3) is 3.61. The molecule has 0 amide bonds. The molecule has 1 saturated heterocycles. The van der Waals surface area contributed by atoms with E-state index in [0.29, 0.717) is 23.6 Å². The van der Waals surface area contributed by atoms with Gasteiger partial charge in [-0.1, -0.05) is 12.1 Å². The van der Waals surface area contributed by atoms with Crippen LogP contribution in [0.1, 0.15) is 11.3 Å². The van der Waals surface area contributed by atoms with Crippen molar-refractivity contribution < 1.29 is 9.84 Å². The molecule has 1 aromatic carbocycles. The molecule has 1 fully saturated rings. The molecule has 7 heteroatoms. The highest BCUT2D eigenvalue weighted by Gasteiger charge is 2.21. The van der Waals surface area contributed by atoms with E-state index in [-0.39, 0.29) is 12.2 Å². The number of piperazine rings is 1. The Hall–Kier alpha value is -2.54. The van der Waals surface area contributed by atoms with Gasteiger partial charge in [0, 0.05) is 44.8 Å². The molecule has 1 aliphatic rings. The number of aryl methyl sites for hydroxylation is 1. The number of nitrogens with zero attached hydrogens (tertiary/aromatic N) is 3.